The average Bonchev–Trinajstić information content (AvgIpc) is 0.822. The molecule has 0 saturated carbocycles. The third kappa shape index (κ3) is 22.8. The first-order valence-electron chi connectivity index (χ1n) is 34.6. The molecule has 2 heterocycles. The van der Waals surface area contributed by atoms with E-state index in [0.717, 1.165) is 37.6 Å². The van der Waals surface area contributed by atoms with Gasteiger partial charge in [0.05, 0.1) is 18.2 Å². The zero-order valence-corrected chi connectivity index (χ0v) is 62.0. The largest absolute Gasteiger partial charge is 0.390 e. The molecule has 2 fully saturated rings. The molecular weight excluding hydrogens is 1180 g/mol. The van der Waals surface area contributed by atoms with E-state index in [9.17, 15) is 24.3 Å². The van der Waals surface area contributed by atoms with E-state index in [1.54, 1.807) is 61.6 Å². The number of nitrogens with zero attached hydrogens (tertiary/aromatic N) is 9. The molecule has 2 aliphatic heterocycles. The van der Waals surface area contributed by atoms with Gasteiger partial charge in [-0.1, -0.05) is 123 Å². The van der Waals surface area contributed by atoms with Crippen molar-refractivity contribution in [1.29, 1.82) is 0 Å². The Morgan fingerprint density at radius 1 is 0.473 bits per heavy atom. The van der Waals surface area contributed by atoms with Gasteiger partial charge in [0.25, 0.3) is 0 Å². The van der Waals surface area contributed by atoms with Crippen LogP contribution >= 0.6 is 0 Å². The van der Waals surface area contributed by atoms with Crippen LogP contribution < -0.4 is 5.32 Å². The van der Waals surface area contributed by atoms with Crippen LogP contribution in [-0.4, -0.2) is 257 Å². The summed E-state index contributed by atoms with van der Waals surface area (Å²) in [6, 6.07) is -9.60. The molecule has 0 aromatic heterocycles. The number of rotatable bonds is 17. The highest BCUT2D eigenvalue weighted by Gasteiger charge is 2.47. The highest BCUT2D eigenvalue weighted by atomic mass is 16.3. The van der Waals surface area contributed by atoms with Crippen molar-refractivity contribution in [2.75, 3.05) is 88.6 Å². The normalized spacial score (nSPS) is 28.4. The molecule has 0 bridgehead atoms. The molecule has 2 aliphatic rings. The number of piperazine rings is 1. The second-order valence-corrected chi connectivity index (χ2v) is 29.5. The van der Waals surface area contributed by atoms with E-state index in [1.807, 2.05) is 75.3 Å². The quantitative estimate of drug-likeness (QED) is 0.155. The number of carbonyl (C=O) groups is 11. The predicted molar refractivity (Wildman–Crippen MR) is 365 cm³/mol. The molecule has 0 aliphatic carbocycles. The first kappa shape index (κ1) is 83.5. The number of aliphatic hydroxyl groups is 1. The third-order valence-electron chi connectivity index (χ3n) is 19.7. The highest BCUT2D eigenvalue weighted by Crippen LogP contribution is 2.30. The number of allylic oxidation sites excluding steroid dienone is 2. The lowest BCUT2D eigenvalue weighted by atomic mass is 9.83. The molecule has 532 valence electrons. The topological polar surface area (TPSA) is 249 Å². The van der Waals surface area contributed by atoms with Crippen LogP contribution in [0.5, 0.6) is 0 Å². The van der Waals surface area contributed by atoms with Gasteiger partial charge in [0.15, 0.2) is 11.6 Å². The summed E-state index contributed by atoms with van der Waals surface area (Å²) in [6.07, 6.45) is 2.34. The van der Waals surface area contributed by atoms with Crippen molar-refractivity contribution in [2.45, 2.75) is 230 Å². The van der Waals surface area contributed by atoms with E-state index in [4.69, 9.17) is 0 Å². The molecular formula is C71H126N10O12. The number of likely N-dealkylation sites (N-methyl/N-ethyl adjacent to an activating group) is 8. The molecule has 2 rings (SSSR count). The van der Waals surface area contributed by atoms with Crippen molar-refractivity contribution in [3.63, 3.8) is 0 Å². The van der Waals surface area contributed by atoms with E-state index in [1.165, 1.54) is 71.7 Å². The second-order valence-electron chi connectivity index (χ2n) is 29.5. The van der Waals surface area contributed by atoms with Crippen LogP contribution in [0.2, 0.25) is 0 Å². The smallest absolute Gasteiger partial charge is 0.246 e. The number of amides is 8. The molecule has 22 nitrogen and oxygen atoms in total. The van der Waals surface area contributed by atoms with Gasteiger partial charge in [-0.25, -0.2) is 0 Å². The van der Waals surface area contributed by atoms with Crippen LogP contribution in [0.1, 0.15) is 176 Å². The van der Waals surface area contributed by atoms with Gasteiger partial charge in [-0.05, 0) is 93.9 Å². The van der Waals surface area contributed by atoms with Gasteiger partial charge < -0.3 is 54.5 Å². The van der Waals surface area contributed by atoms with Gasteiger partial charge in [0.2, 0.25) is 47.3 Å². The number of nitrogens with one attached hydrogen (secondary N) is 1. The molecule has 2 N–H and O–H groups in total. The van der Waals surface area contributed by atoms with Crippen LogP contribution in [0, 0.1) is 59.2 Å². The Balaban J connectivity index is 3.05. The monoisotopic (exact) mass is 1310 g/mol. The first-order valence-corrected chi connectivity index (χ1v) is 34.6. The Kier molecular flexibility index (Phi) is 34.3. The zero-order valence-electron chi connectivity index (χ0n) is 62.0. The fourth-order valence-corrected chi connectivity index (χ4v) is 13.4. The standard InChI is InChI=1S/C71H126N10O12/c1-26-29-30-47(14)63(85)62-64(86)72-53(27-2)68(90)73(19)51(18)66(88)78(24)61(50(17)41-81-33-31-80(28-3)32-34-81)59(84)40-52(45(10)11)67(89)74(20)54(35-42(4)5)58(83)38-48(15)57(82)39-49(16)65(87)75(21)55(36-43(6)7)69(91)76(22)56(37-44(8)9)70(92)77(23)60(46(12)13)71(93)79(62)25/h26,29,42-56,60-63,85H,27-28,30-41H2,1-25H3,(H,72,86)/b29-26+/t47-,48-,49+,50-,51-,52+,53+,54+,55+,56+,60+,61+,62+,63-/m1/s1. The minimum absolute atomic E-state index is 0.0277. The minimum Gasteiger partial charge on any atom is -0.390 e. The van der Waals surface area contributed by atoms with Gasteiger partial charge in [-0.2, -0.15) is 0 Å². The second kappa shape index (κ2) is 38.2. The van der Waals surface area contributed by atoms with E-state index >= 15 is 33.6 Å². The van der Waals surface area contributed by atoms with E-state index in [2.05, 4.69) is 22.0 Å². The summed E-state index contributed by atoms with van der Waals surface area (Å²) >= 11 is 0. The van der Waals surface area contributed by atoms with Crippen LogP contribution in [0.25, 0.3) is 0 Å². The summed E-state index contributed by atoms with van der Waals surface area (Å²) < 4.78 is 0. The van der Waals surface area contributed by atoms with Crippen molar-refractivity contribution in [2.24, 2.45) is 59.2 Å². The van der Waals surface area contributed by atoms with Crippen molar-refractivity contribution in [3.8, 4) is 0 Å². The number of hydrogen-bond donors (Lipinski definition) is 2. The van der Waals surface area contributed by atoms with Crippen LogP contribution in [0.4, 0.5) is 0 Å². The summed E-state index contributed by atoms with van der Waals surface area (Å²) in [5.41, 5.74) is 0. The van der Waals surface area contributed by atoms with Crippen molar-refractivity contribution in [1.82, 2.24) is 49.4 Å². The molecule has 22 heteroatoms. The van der Waals surface area contributed by atoms with E-state index in [0.29, 0.717) is 13.0 Å². The molecule has 0 spiro atoms. The fraction of sp³-hybridized carbons (Fsp3) is 0.817. The van der Waals surface area contributed by atoms with Gasteiger partial charge >= 0.3 is 0 Å². The summed E-state index contributed by atoms with van der Waals surface area (Å²) in [6.45, 7) is 37.1. The Morgan fingerprint density at radius 2 is 0.925 bits per heavy atom. The predicted octanol–water partition coefficient (Wildman–Crippen LogP) is 6.16. The first-order chi connectivity index (χ1) is 43.1. The van der Waals surface area contributed by atoms with E-state index in [-0.39, 0.29) is 80.0 Å². The average molecular weight is 1310 g/mol. The summed E-state index contributed by atoms with van der Waals surface area (Å²) in [7, 11) is 10.4. The number of ketones is 3. The number of hydrogen-bond acceptors (Lipinski definition) is 14. The minimum atomic E-state index is -1.61. The summed E-state index contributed by atoms with van der Waals surface area (Å²) in [5, 5.41) is 15.1. The maximum Gasteiger partial charge on any atom is 0.246 e. The van der Waals surface area contributed by atoms with Gasteiger partial charge in [-0.15, -0.1) is 0 Å². The Labute approximate surface area is 560 Å². The van der Waals surface area contributed by atoms with Crippen LogP contribution in [0.3, 0.4) is 0 Å². The molecule has 0 aromatic rings. The Bertz CT molecular complexity index is 2550. The van der Waals surface area contributed by atoms with Crippen molar-refractivity contribution >= 4 is 64.6 Å². The lowest BCUT2D eigenvalue weighted by Gasteiger charge is -2.41. The fourth-order valence-electron chi connectivity index (χ4n) is 13.4. The molecule has 0 aromatic carbocycles. The Morgan fingerprint density at radius 3 is 1.40 bits per heavy atom. The zero-order chi connectivity index (χ0) is 71.5. The maximum atomic E-state index is 15.3. The van der Waals surface area contributed by atoms with Gasteiger partial charge in [0, 0.05) is 119 Å². The highest BCUT2D eigenvalue weighted by molar-refractivity contribution is 6.00. The third-order valence-corrected chi connectivity index (χ3v) is 19.7. The molecule has 0 unspecified atom stereocenters. The van der Waals surface area contributed by atoms with E-state index < -0.39 is 143 Å². The Hall–Kier alpha value is -5.61. The molecule has 14 atom stereocenters. The SMILES string of the molecule is C/C=C/C[C@@H](C)[C@@H](O)[C@H]1C(=O)N[C@@H](CC)C(=O)N(C)[C@H](C)C(=O)N(C)[C@@H]([C@H](C)CN2CCN(CC)CC2)C(=O)C[C@@H](C(C)C)C(=O)N(C)[C@@H](CC(C)C)C(=O)C[C@@H](C)C(=O)C[C@H](C)C(=O)N(C)[C@@H](CC(C)C)C(=O)N(C)[C@@H](CC(C)C)C(=O)N(C)[C@@H](C(C)C)C(=O)N1C. The number of carbonyl (C=O) groups excluding carboxylic acids is 11. The lowest BCUT2D eigenvalue weighted by molar-refractivity contribution is -0.157. The molecule has 0 radical (unpaired) electrons. The number of Topliss-reactive ketones (excluding diaryl/α,β-unsaturated/α-hetero) is 3. The summed E-state index contributed by atoms with van der Waals surface area (Å²) in [5.74, 6) is -11.0. The lowest BCUT2D eigenvalue weighted by Crippen LogP contribution is -2.63. The molecule has 2 saturated heterocycles. The molecule has 8 amide bonds. The van der Waals surface area contributed by atoms with Gasteiger partial charge in [-0.3, -0.25) is 52.7 Å². The summed E-state index contributed by atoms with van der Waals surface area (Å²) in [4.78, 5) is 178. The van der Waals surface area contributed by atoms with Crippen LogP contribution in [0.15, 0.2) is 12.2 Å². The molecule has 93 heavy (non-hydrogen) atoms. The number of aliphatic hydroxyl groups excluding tert-OH is 1. The van der Waals surface area contributed by atoms with Crippen molar-refractivity contribution in [3.05, 3.63) is 12.2 Å². The van der Waals surface area contributed by atoms with Crippen LogP contribution in [-0.2, 0) is 52.7 Å². The van der Waals surface area contributed by atoms with Gasteiger partial charge in [0.1, 0.15) is 42.0 Å². The maximum absolute atomic E-state index is 15.3. The van der Waals surface area contributed by atoms with Crippen molar-refractivity contribution < 1.29 is 57.8 Å².